The number of rotatable bonds is 3. The van der Waals surface area contributed by atoms with Crippen molar-refractivity contribution in [3.63, 3.8) is 0 Å². The van der Waals surface area contributed by atoms with Crippen LogP contribution in [-0.4, -0.2) is 49.0 Å². The van der Waals surface area contributed by atoms with E-state index in [0.717, 1.165) is 24.3 Å². The largest absolute Gasteiger partial charge is 0.378 e. The first kappa shape index (κ1) is 17.7. The van der Waals surface area contributed by atoms with E-state index in [1.807, 2.05) is 0 Å². The number of aryl methyl sites for hydroxylation is 1. The summed E-state index contributed by atoms with van der Waals surface area (Å²) in [7, 11) is -3.65. The molecule has 1 aromatic heterocycles. The molecule has 2 aromatic rings. The molecule has 0 saturated carbocycles. The van der Waals surface area contributed by atoms with Crippen LogP contribution in [0, 0.1) is 6.92 Å². The van der Waals surface area contributed by atoms with Crippen molar-refractivity contribution < 1.29 is 13.2 Å². The van der Waals surface area contributed by atoms with Crippen molar-refractivity contribution in [1.82, 2.24) is 14.3 Å². The zero-order chi connectivity index (χ0) is 18.3. The Labute approximate surface area is 157 Å². The van der Waals surface area contributed by atoms with E-state index in [4.69, 9.17) is 16.3 Å². The third-order valence-electron chi connectivity index (χ3n) is 4.68. The van der Waals surface area contributed by atoms with Gasteiger partial charge in [0.05, 0.1) is 30.3 Å². The highest BCUT2D eigenvalue weighted by Gasteiger charge is 2.33. The number of halogens is 1. The van der Waals surface area contributed by atoms with E-state index >= 15 is 0 Å². The van der Waals surface area contributed by atoms with Gasteiger partial charge in [0, 0.05) is 36.4 Å². The molecule has 0 unspecified atom stereocenters. The molecule has 1 fully saturated rings. The van der Waals surface area contributed by atoms with Gasteiger partial charge < -0.3 is 9.64 Å². The minimum Gasteiger partial charge on any atom is -0.378 e. The number of aromatic nitrogens is 2. The lowest BCUT2D eigenvalue weighted by Crippen LogP contribution is -2.37. The van der Waals surface area contributed by atoms with Crippen LogP contribution in [0.3, 0.4) is 0 Å². The van der Waals surface area contributed by atoms with Gasteiger partial charge in [-0.15, -0.1) is 0 Å². The number of fused-ring (bicyclic) bond motifs is 1. The molecule has 0 N–H and O–H groups in total. The predicted molar refractivity (Wildman–Crippen MR) is 97.7 cm³/mol. The molecule has 1 saturated heterocycles. The first-order valence-corrected chi connectivity index (χ1v) is 10.2. The van der Waals surface area contributed by atoms with Gasteiger partial charge >= 0.3 is 0 Å². The SMILES string of the molecule is Cc1ccc(Cl)cc1S(=O)(=O)N1Cc2cnc(N3CCOCC3)nc2C1. The summed E-state index contributed by atoms with van der Waals surface area (Å²) in [6, 6.07) is 4.91. The average Bonchev–Trinajstić information content (AvgIpc) is 3.08. The molecule has 2 aliphatic heterocycles. The van der Waals surface area contributed by atoms with Crippen molar-refractivity contribution in [2.45, 2.75) is 24.9 Å². The predicted octanol–water partition coefficient (Wildman–Crippen LogP) is 1.98. The monoisotopic (exact) mass is 394 g/mol. The highest BCUT2D eigenvalue weighted by atomic mass is 35.5. The quantitative estimate of drug-likeness (QED) is 0.792. The van der Waals surface area contributed by atoms with E-state index in [-0.39, 0.29) is 18.0 Å². The molecule has 1 aromatic carbocycles. The Morgan fingerprint density at radius 1 is 1.19 bits per heavy atom. The van der Waals surface area contributed by atoms with Crippen LogP contribution in [0.5, 0.6) is 0 Å². The molecule has 0 radical (unpaired) electrons. The average molecular weight is 395 g/mol. The van der Waals surface area contributed by atoms with E-state index in [2.05, 4.69) is 14.9 Å². The van der Waals surface area contributed by atoms with E-state index in [1.165, 1.54) is 10.4 Å². The third kappa shape index (κ3) is 3.18. The minimum atomic E-state index is -3.65. The lowest BCUT2D eigenvalue weighted by molar-refractivity contribution is 0.122. The number of hydrogen-bond donors (Lipinski definition) is 0. The van der Waals surface area contributed by atoms with Crippen molar-refractivity contribution in [1.29, 1.82) is 0 Å². The van der Waals surface area contributed by atoms with Crippen LogP contribution in [0.2, 0.25) is 5.02 Å². The summed E-state index contributed by atoms with van der Waals surface area (Å²) in [5.41, 5.74) is 2.26. The Hall–Kier alpha value is -1.74. The number of benzene rings is 1. The highest BCUT2D eigenvalue weighted by molar-refractivity contribution is 7.89. The molecule has 4 rings (SSSR count). The maximum absolute atomic E-state index is 13.1. The molecule has 26 heavy (non-hydrogen) atoms. The Kier molecular flexibility index (Phi) is 4.60. The van der Waals surface area contributed by atoms with Gasteiger partial charge in [-0.25, -0.2) is 18.4 Å². The van der Waals surface area contributed by atoms with Crippen molar-refractivity contribution in [2.24, 2.45) is 0 Å². The smallest absolute Gasteiger partial charge is 0.244 e. The summed E-state index contributed by atoms with van der Waals surface area (Å²) in [5, 5.41) is 0.403. The van der Waals surface area contributed by atoms with Gasteiger partial charge in [-0.05, 0) is 24.6 Å². The minimum absolute atomic E-state index is 0.235. The highest BCUT2D eigenvalue weighted by Crippen LogP contribution is 2.30. The summed E-state index contributed by atoms with van der Waals surface area (Å²) in [6.07, 6.45) is 1.73. The van der Waals surface area contributed by atoms with Crippen LogP contribution in [0.15, 0.2) is 29.3 Å². The van der Waals surface area contributed by atoms with Gasteiger partial charge in [0.2, 0.25) is 16.0 Å². The Morgan fingerprint density at radius 3 is 2.73 bits per heavy atom. The summed E-state index contributed by atoms with van der Waals surface area (Å²) < 4.78 is 32.9. The van der Waals surface area contributed by atoms with Crippen LogP contribution in [0.4, 0.5) is 5.95 Å². The second kappa shape index (κ2) is 6.77. The standard InChI is InChI=1S/C17H19ClN4O3S/c1-12-2-3-14(18)8-16(12)26(23,24)22-10-13-9-19-17(20-15(13)11-22)21-4-6-25-7-5-21/h2-3,8-9H,4-7,10-11H2,1H3. The number of sulfonamides is 1. The normalized spacial score (nSPS) is 18.2. The number of ether oxygens (including phenoxy) is 1. The lowest BCUT2D eigenvalue weighted by atomic mass is 10.2. The molecule has 2 aliphatic rings. The summed E-state index contributed by atoms with van der Waals surface area (Å²) in [6.45, 7) is 5.05. The fraction of sp³-hybridized carbons (Fsp3) is 0.412. The first-order chi connectivity index (χ1) is 12.4. The third-order valence-corrected chi connectivity index (χ3v) is 6.85. The van der Waals surface area contributed by atoms with Gasteiger partial charge in [0.15, 0.2) is 0 Å². The van der Waals surface area contributed by atoms with Crippen molar-refractivity contribution in [2.75, 3.05) is 31.2 Å². The van der Waals surface area contributed by atoms with Crippen LogP contribution in [0.1, 0.15) is 16.8 Å². The molecule has 3 heterocycles. The van der Waals surface area contributed by atoms with Crippen LogP contribution >= 0.6 is 11.6 Å². The molecule has 0 amide bonds. The van der Waals surface area contributed by atoms with Gasteiger partial charge in [-0.2, -0.15) is 4.31 Å². The van der Waals surface area contributed by atoms with Gasteiger partial charge in [0.25, 0.3) is 0 Å². The lowest BCUT2D eigenvalue weighted by Gasteiger charge is -2.26. The molecule has 0 spiro atoms. The zero-order valence-corrected chi connectivity index (χ0v) is 15.9. The maximum Gasteiger partial charge on any atom is 0.244 e. The second-order valence-corrected chi connectivity index (χ2v) is 8.77. The van der Waals surface area contributed by atoms with Crippen LogP contribution in [0.25, 0.3) is 0 Å². The van der Waals surface area contributed by atoms with E-state index in [0.29, 0.717) is 29.7 Å². The van der Waals surface area contributed by atoms with E-state index in [9.17, 15) is 8.42 Å². The Balaban J connectivity index is 1.61. The maximum atomic E-state index is 13.1. The van der Waals surface area contributed by atoms with Crippen LogP contribution < -0.4 is 4.90 Å². The summed E-state index contributed by atoms with van der Waals surface area (Å²) in [4.78, 5) is 11.3. The topological polar surface area (TPSA) is 75.6 Å². The Bertz CT molecular complexity index is 945. The summed E-state index contributed by atoms with van der Waals surface area (Å²) >= 11 is 6.00. The fourth-order valence-electron chi connectivity index (χ4n) is 3.19. The Morgan fingerprint density at radius 2 is 1.96 bits per heavy atom. The van der Waals surface area contributed by atoms with Gasteiger partial charge in [-0.1, -0.05) is 17.7 Å². The van der Waals surface area contributed by atoms with Crippen LogP contribution in [-0.2, 0) is 27.8 Å². The molecule has 0 aliphatic carbocycles. The van der Waals surface area contributed by atoms with E-state index in [1.54, 1.807) is 25.3 Å². The first-order valence-electron chi connectivity index (χ1n) is 8.39. The van der Waals surface area contributed by atoms with Crippen molar-refractivity contribution in [3.05, 3.63) is 46.2 Å². The molecule has 0 bridgehead atoms. The number of morpholine rings is 1. The molecule has 0 atom stereocenters. The van der Waals surface area contributed by atoms with Crippen molar-refractivity contribution in [3.8, 4) is 0 Å². The second-order valence-electron chi connectivity index (χ2n) is 6.42. The summed E-state index contributed by atoms with van der Waals surface area (Å²) in [5.74, 6) is 0.630. The molecular weight excluding hydrogens is 376 g/mol. The zero-order valence-electron chi connectivity index (χ0n) is 14.4. The van der Waals surface area contributed by atoms with E-state index < -0.39 is 10.0 Å². The number of nitrogens with zero attached hydrogens (tertiary/aromatic N) is 4. The van der Waals surface area contributed by atoms with Gasteiger partial charge in [0.1, 0.15) is 0 Å². The fourth-order valence-corrected chi connectivity index (χ4v) is 5.06. The number of anilines is 1. The molecule has 9 heteroatoms. The number of hydrogen-bond acceptors (Lipinski definition) is 6. The molecule has 138 valence electrons. The molecular formula is C17H19ClN4O3S. The van der Waals surface area contributed by atoms with Crippen molar-refractivity contribution >= 4 is 27.6 Å². The molecule has 7 nitrogen and oxygen atoms in total. The van der Waals surface area contributed by atoms with Gasteiger partial charge in [-0.3, -0.25) is 0 Å².